The van der Waals surface area contributed by atoms with Crippen molar-refractivity contribution in [1.29, 1.82) is 0 Å². The van der Waals surface area contributed by atoms with E-state index in [4.69, 9.17) is 18.0 Å². The van der Waals surface area contributed by atoms with Gasteiger partial charge in [0.1, 0.15) is 5.54 Å². The summed E-state index contributed by atoms with van der Waals surface area (Å²) in [6, 6.07) is 9.58. The number of aromatic nitrogens is 2. The summed E-state index contributed by atoms with van der Waals surface area (Å²) in [4.78, 5) is 17.4. The highest BCUT2D eigenvalue weighted by atomic mass is 35.5. The molecule has 1 saturated carbocycles. The van der Waals surface area contributed by atoms with E-state index in [9.17, 15) is 26.7 Å². The number of nitrogens with zero attached hydrogens (tertiary/aromatic N) is 3. The molecule has 47 heavy (non-hydrogen) atoms. The van der Waals surface area contributed by atoms with E-state index in [1.807, 2.05) is 6.07 Å². The zero-order valence-corrected chi connectivity index (χ0v) is 26.3. The van der Waals surface area contributed by atoms with Gasteiger partial charge in [0.2, 0.25) is 0 Å². The van der Waals surface area contributed by atoms with Gasteiger partial charge in [0.25, 0.3) is 12.0 Å². The lowest BCUT2D eigenvalue weighted by Crippen LogP contribution is -2.48. The number of fused-ring (bicyclic) bond motifs is 2. The van der Waals surface area contributed by atoms with Crippen molar-refractivity contribution >= 4 is 44.7 Å². The van der Waals surface area contributed by atoms with Crippen LogP contribution in [0.5, 0.6) is 0 Å². The number of hydrogen-bond donors (Lipinski definition) is 4. The van der Waals surface area contributed by atoms with Crippen LogP contribution in [0.1, 0.15) is 43.9 Å². The maximum atomic E-state index is 14.0. The minimum atomic E-state index is -4.48. The first-order valence-corrected chi connectivity index (χ1v) is 15.1. The smallest absolute Gasteiger partial charge is 0.383 e. The third kappa shape index (κ3) is 5.70. The van der Waals surface area contributed by atoms with E-state index < -0.39 is 36.1 Å². The second-order valence-corrected chi connectivity index (χ2v) is 12.9. The predicted molar refractivity (Wildman–Crippen MR) is 173 cm³/mol. The fourth-order valence-corrected chi connectivity index (χ4v) is 5.87. The summed E-state index contributed by atoms with van der Waals surface area (Å²) in [7, 11) is 1.64. The molecular weight excluding hydrogens is 641 g/mol. The van der Waals surface area contributed by atoms with Gasteiger partial charge in [0.05, 0.1) is 38.9 Å². The van der Waals surface area contributed by atoms with Gasteiger partial charge in [-0.2, -0.15) is 13.2 Å². The molecule has 8 nitrogen and oxygen atoms in total. The number of alkyl halides is 5. The van der Waals surface area contributed by atoms with Crippen molar-refractivity contribution in [2.24, 2.45) is 12.5 Å². The van der Waals surface area contributed by atoms with Gasteiger partial charge < -0.3 is 20.6 Å². The van der Waals surface area contributed by atoms with Crippen molar-refractivity contribution in [2.75, 3.05) is 17.2 Å². The average molecular weight is 672 g/mol. The molecule has 1 aliphatic heterocycles. The van der Waals surface area contributed by atoms with Crippen LogP contribution in [-0.2, 0) is 7.05 Å². The van der Waals surface area contributed by atoms with Crippen molar-refractivity contribution in [3.05, 3.63) is 87.2 Å². The largest absolute Gasteiger partial charge is 0.395 e. The maximum absolute atomic E-state index is 14.0. The highest BCUT2D eigenvalue weighted by molar-refractivity contribution is 6.35. The van der Waals surface area contributed by atoms with Crippen LogP contribution < -0.4 is 27.2 Å². The first-order valence-electron chi connectivity index (χ1n) is 14.7. The van der Waals surface area contributed by atoms with E-state index in [1.165, 1.54) is 15.8 Å². The Labute approximate surface area is 271 Å². The van der Waals surface area contributed by atoms with Crippen LogP contribution in [0.2, 0.25) is 5.02 Å². The summed E-state index contributed by atoms with van der Waals surface area (Å²) in [5.41, 5.74) is 4.59. The van der Waals surface area contributed by atoms with E-state index in [0.29, 0.717) is 51.5 Å². The van der Waals surface area contributed by atoms with Crippen LogP contribution in [0, 0.1) is 17.8 Å². The summed E-state index contributed by atoms with van der Waals surface area (Å²) in [5.74, 6) is 2.48. The summed E-state index contributed by atoms with van der Waals surface area (Å²) >= 11 is 6.70. The molecule has 4 N–H and O–H groups in total. The standard InChI is InChI=1S/C33H31ClF5N7O/c1-5-18-15-40-27-23(26(18)41-17-31(2,3)33(37,38)39)13-19(14-24(27)34)42-28(25-16-46(44-43-25)32(10-11-32)30(35)36)21-7-6-8-22-20(21)9-12-45(4)29(22)47/h1,6-9,12-16,28,30,42-44H,10-11,17H2,2-4H3,(H,40,41)/t28-/m0/s1. The molecule has 0 radical (unpaired) electrons. The average Bonchev–Trinajstić information content (AvgIpc) is 3.70. The Hall–Kier alpha value is -4.54. The first kappa shape index (κ1) is 32.4. The molecule has 2 aromatic carbocycles. The summed E-state index contributed by atoms with van der Waals surface area (Å²) < 4.78 is 70.6. The molecule has 1 aliphatic carbocycles. The zero-order chi connectivity index (χ0) is 33.9. The van der Waals surface area contributed by atoms with E-state index in [1.54, 1.807) is 49.8 Å². The lowest BCUT2D eigenvalue weighted by Gasteiger charge is -2.29. The van der Waals surface area contributed by atoms with Crippen LogP contribution in [-0.4, -0.2) is 39.2 Å². The monoisotopic (exact) mass is 671 g/mol. The van der Waals surface area contributed by atoms with Crippen LogP contribution in [0.4, 0.5) is 33.3 Å². The van der Waals surface area contributed by atoms with Crippen molar-refractivity contribution in [3.8, 4) is 12.3 Å². The molecule has 1 atom stereocenters. The number of benzene rings is 2. The Morgan fingerprint density at radius 1 is 1.15 bits per heavy atom. The van der Waals surface area contributed by atoms with Crippen molar-refractivity contribution in [1.82, 2.24) is 25.5 Å². The molecule has 3 heterocycles. The number of hydrogen-bond acceptors (Lipinski definition) is 7. The molecule has 0 amide bonds. The quantitative estimate of drug-likeness (QED) is 0.115. The van der Waals surface area contributed by atoms with Gasteiger partial charge in [-0.15, -0.1) is 12.0 Å². The molecule has 246 valence electrons. The van der Waals surface area contributed by atoms with E-state index in [2.05, 4.69) is 32.5 Å². The zero-order valence-electron chi connectivity index (χ0n) is 25.6. The minimum Gasteiger partial charge on any atom is -0.383 e. The third-order valence-corrected chi connectivity index (χ3v) is 9.17. The molecule has 0 bridgehead atoms. The fourth-order valence-electron chi connectivity index (χ4n) is 5.60. The van der Waals surface area contributed by atoms with Gasteiger partial charge in [0, 0.05) is 48.6 Å². The number of pyridine rings is 2. The fraction of sp³-hybridized carbons (Fsp3) is 0.333. The number of terminal acetylenes is 1. The Bertz CT molecular complexity index is 2010. The summed E-state index contributed by atoms with van der Waals surface area (Å²) in [5, 5.41) is 9.32. The molecule has 4 aromatic rings. The SMILES string of the molecule is C#Cc1cnc2c(Cl)cc(N[C@H](C3=CN(C4(C(F)F)CC4)NN3)c3cccc4c(=O)n(C)ccc34)cc2c1NCC(C)(C)C(F)(F)F. The second-order valence-electron chi connectivity index (χ2n) is 12.5. The number of aryl methyl sites for hydroxylation is 1. The van der Waals surface area contributed by atoms with Crippen LogP contribution in [0.3, 0.4) is 0 Å². The Morgan fingerprint density at radius 2 is 1.89 bits per heavy atom. The van der Waals surface area contributed by atoms with Crippen LogP contribution in [0.25, 0.3) is 21.7 Å². The van der Waals surface area contributed by atoms with Crippen molar-refractivity contribution in [2.45, 2.75) is 50.9 Å². The van der Waals surface area contributed by atoms with Gasteiger partial charge in [-0.3, -0.25) is 14.8 Å². The number of hydrazine groups is 2. The molecule has 14 heteroatoms. The van der Waals surface area contributed by atoms with Crippen molar-refractivity contribution < 1.29 is 22.0 Å². The molecular formula is C33H31ClF5N7O. The molecule has 0 saturated heterocycles. The highest BCUT2D eigenvalue weighted by Gasteiger charge is 2.56. The Morgan fingerprint density at radius 3 is 2.55 bits per heavy atom. The number of halogens is 6. The predicted octanol–water partition coefficient (Wildman–Crippen LogP) is 6.84. The lowest BCUT2D eigenvalue weighted by molar-refractivity contribution is -0.206. The van der Waals surface area contributed by atoms with Crippen LogP contribution >= 0.6 is 11.6 Å². The Balaban J connectivity index is 1.47. The topological polar surface area (TPSA) is 86.2 Å². The van der Waals surface area contributed by atoms with Crippen LogP contribution in [0.15, 0.2) is 65.5 Å². The normalized spacial score (nSPS) is 16.6. The minimum absolute atomic E-state index is 0.194. The van der Waals surface area contributed by atoms with Gasteiger partial charge in [-0.1, -0.05) is 29.7 Å². The summed E-state index contributed by atoms with van der Waals surface area (Å²) in [6.07, 6.45) is 3.84. The first-order chi connectivity index (χ1) is 22.2. The molecule has 6 rings (SSSR count). The lowest BCUT2D eigenvalue weighted by atomic mass is 9.92. The number of anilines is 2. The van der Waals surface area contributed by atoms with Gasteiger partial charge in [-0.25, -0.2) is 8.78 Å². The molecule has 2 aromatic heterocycles. The summed E-state index contributed by atoms with van der Waals surface area (Å²) in [6.45, 7) is 1.69. The molecule has 2 aliphatic rings. The number of nitrogens with one attached hydrogen (secondary N) is 4. The third-order valence-electron chi connectivity index (χ3n) is 8.88. The molecule has 0 spiro atoms. The van der Waals surface area contributed by atoms with E-state index in [-0.39, 0.29) is 21.8 Å². The van der Waals surface area contributed by atoms with E-state index >= 15 is 0 Å². The Kier molecular flexibility index (Phi) is 8.00. The number of rotatable bonds is 9. The van der Waals surface area contributed by atoms with Gasteiger partial charge >= 0.3 is 6.18 Å². The second kappa shape index (κ2) is 11.6. The van der Waals surface area contributed by atoms with Crippen molar-refractivity contribution in [3.63, 3.8) is 0 Å². The van der Waals surface area contributed by atoms with Gasteiger partial charge in [-0.05, 0) is 61.9 Å². The molecule has 0 unspecified atom stereocenters. The van der Waals surface area contributed by atoms with E-state index in [0.717, 1.165) is 13.8 Å². The van der Waals surface area contributed by atoms with Gasteiger partial charge in [0.15, 0.2) is 0 Å². The highest BCUT2D eigenvalue weighted by Crippen LogP contribution is 2.47. The maximum Gasteiger partial charge on any atom is 0.395 e. The molecule has 1 fully saturated rings.